The molecule has 0 unspecified atom stereocenters. The molecule has 0 spiro atoms. The van der Waals surface area contributed by atoms with Crippen LogP contribution in [-0.4, -0.2) is 11.1 Å². The molecule has 0 atom stereocenters. The van der Waals surface area contributed by atoms with Crippen LogP contribution in [0.3, 0.4) is 0 Å². The predicted molar refractivity (Wildman–Crippen MR) is 112 cm³/mol. The third-order valence-corrected chi connectivity index (χ3v) is 4.51. The Morgan fingerprint density at radius 2 is 1.46 bits per heavy atom. The summed E-state index contributed by atoms with van der Waals surface area (Å²) in [6.45, 7) is 5.88. The second kappa shape index (κ2) is 10.3. The summed E-state index contributed by atoms with van der Waals surface area (Å²) in [6, 6.07) is 22.1. The van der Waals surface area contributed by atoms with E-state index in [-0.39, 0.29) is 0 Å². The van der Waals surface area contributed by atoms with E-state index < -0.39 is 5.97 Å². The number of carboxylic acids is 1. The summed E-state index contributed by atoms with van der Waals surface area (Å²) in [4.78, 5) is 9.69. The maximum Gasteiger partial charge on any atom is 0.505 e. The van der Waals surface area contributed by atoms with Gasteiger partial charge in [-0.05, 0) is 53.8 Å². The van der Waals surface area contributed by atoms with Gasteiger partial charge in [-0.1, -0.05) is 42.5 Å². The number of aryl methyl sites for hydroxylation is 2. The zero-order valence-corrected chi connectivity index (χ0v) is 17.0. The van der Waals surface area contributed by atoms with Gasteiger partial charge in [0.25, 0.3) is 10.9 Å². The van der Waals surface area contributed by atoms with Gasteiger partial charge in [0.15, 0.2) is 0 Å². The first kappa shape index (κ1) is 21.3. The van der Waals surface area contributed by atoms with Crippen LogP contribution < -0.4 is 4.74 Å². The highest BCUT2D eigenvalue weighted by Crippen LogP contribution is 2.27. The minimum Gasteiger partial charge on any atom is -0.489 e. The molecule has 144 valence electrons. The predicted octanol–water partition coefficient (Wildman–Crippen LogP) is 5.43. The largest absolute Gasteiger partial charge is 0.505 e. The SMILES string of the molecule is CC(=O)O.Cc1cccc(C)c1-c1ccc(COc2ccc([S+]=O)cc2)cc1. The van der Waals surface area contributed by atoms with Crippen molar-refractivity contribution in [1.29, 1.82) is 0 Å². The van der Waals surface area contributed by atoms with Gasteiger partial charge in [0.05, 0.1) is 0 Å². The van der Waals surface area contributed by atoms with Gasteiger partial charge in [-0.25, -0.2) is 0 Å². The van der Waals surface area contributed by atoms with Crippen molar-refractivity contribution >= 4 is 17.6 Å². The van der Waals surface area contributed by atoms with Gasteiger partial charge in [0.1, 0.15) is 12.4 Å². The van der Waals surface area contributed by atoms with Crippen molar-refractivity contribution < 1.29 is 18.8 Å². The molecule has 0 bridgehead atoms. The van der Waals surface area contributed by atoms with Crippen LogP contribution in [0, 0.1) is 13.8 Å². The van der Waals surface area contributed by atoms with E-state index in [9.17, 15) is 4.21 Å². The molecule has 0 aromatic heterocycles. The molecule has 4 nitrogen and oxygen atoms in total. The van der Waals surface area contributed by atoms with Crippen LogP contribution in [0.4, 0.5) is 0 Å². The van der Waals surface area contributed by atoms with E-state index in [1.54, 1.807) is 12.1 Å². The van der Waals surface area contributed by atoms with Crippen molar-refractivity contribution in [3.63, 3.8) is 0 Å². The van der Waals surface area contributed by atoms with Crippen molar-refractivity contribution in [2.45, 2.75) is 32.3 Å². The molecule has 0 aliphatic rings. The zero-order valence-electron chi connectivity index (χ0n) is 16.1. The summed E-state index contributed by atoms with van der Waals surface area (Å²) in [5.74, 6) is -0.0633. The molecular weight excluding hydrogens is 372 g/mol. The molecule has 3 aromatic carbocycles. The summed E-state index contributed by atoms with van der Waals surface area (Å²) in [5.41, 5.74) is 6.22. The van der Waals surface area contributed by atoms with Gasteiger partial charge < -0.3 is 9.84 Å². The number of aliphatic carboxylic acids is 1. The van der Waals surface area contributed by atoms with Crippen molar-refractivity contribution in [1.82, 2.24) is 0 Å². The van der Waals surface area contributed by atoms with Crippen LogP contribution in [0.5, 0.6) is 5.75 Å². The lowest BCUT2D eigenvalue weighted by Gasteiger charge is -2.11. The molecule has 0 saturated carbocycles. The van der Waals surface area contributed by atoms with Crippen molar-refractivity contribution in [2.75, 3.05) is 0 Å². The molecule has 0 aliphatic carbocycles. The molecule has 0 amide bonds. The summed E-state index contributed by atoms with van der Waals surface area (Å²) in [5, 5.41) is 7.42. The minimum absolute atomic E-state index is 0.488. The summed E-state index contributed by atoms with van der Waals surface area (Å²) in [6.07, 6.45) is 0. The van der Waals surface area contributed by atoms with Gasteiger partial charge in [0, 0.05) is 23.3 Å². The van der Waals surface area contributed by atoms with Crippen LogP contribution in [-0.2, 0) is 27.3 Å². The fourth-order valence-corrected chi connectivity index (χ4v) is 3.04. The number of hydrogen-bond donors (Lipinski definition) is 1. The van der Waals surface area contributed by atoms with Gasteiger partial charge >= 0.3 is 11.7 Å². The first-order valence-corrected chi connectivity index (χ1v) is 9.52. The highest BCUT2D eigenvalue weighted by atomic mass is 32.1. The third kappa shape index (κ3) is 6.28. The highest BCUT2D eigenvalue weighted by Gasteiger charge is 2.07. The van der Waals surface area contributed by atoms with E-state index in [2.05, 4.69) is 56.3 Å². The Labute approximate surface area is 169 Å². The van der Waals surface area contributed by atoms with Crippen LogP contribution in [0.1, 0.15) is 23.6 Å². The Kier molecular flexibility index (Phi) is 7.84. The van der Waals surface area contributed by atoms with Crippen molar-refractivity contribution in [3.8, 4) is 16.9 Å². The number of rotatable bonds is 5. The molecule has 3 aromatic rings. The topological polar surface area (TPSA) is 63.6 Å². The van der Waals surface area contributed by atoms with E-state index in [4.69, 9.17) is 14.6 Å². The standard InChI is InChI=1S/C21H19O2S.C2H4O2/c1-15-4-3-5-16(2)21(15)18-8-6-17(7-9-18)14-23-19-10-12-20(24-22)13-11-19;1-2(3)4/h3-13H,14H2,1-2H3;1H3,(H,3,4)/q+1;. The number of hydrogen-bond acceptors (Lipinski definition) is 3. The van der Waals surface area contributed by atoms with Gasteiger partial charge in [-0.3, -0.25) is 4.79 Å². The Morgan fingerprint density at radius 1 is 0.929 bits per heavy atom. The van der Waals surface area contributed by atoms with E-state index >= 15 is 0 Å². The normalized spacial score (nSPS) is 9.82. The first-order chi connectivity index (χ1) is 13.4. The van der Waals surface area contributed by atoms with Crippen LogP contribution in [0.25, 0.3) is 11.1 Å². The highest BCUT2D eigenvalue weighted by molar-refractivity contribution is 7.65. The van der Waals surface area contributed by atoms with Crippen LogP contribution in [0.15, 0.2) is 71.6 Å². The fourth-order valence-electron chi connectivity index (χ4n) is 2.80. The average molecular weight is 396 g/mol. The molecule has 3 rings (SSSR count). The average Bonchev–Trinajstić information content (AvgIpc) is 2.67. The lowest BCUT2D eigenvalue weighted by Crippen LogP contribution is -1.95. The molecule has 0 aliphatic heterocycles. The van der Waals surface area contributed by atoms with Crippen molar-refractivity contribution in [2.24, 2.45) is 0 Å². The maximum atomic E-state index is 10.7. The molecule has 0 heterocycles. The monoisotopic (exact) mass is 395 g/mol. The van der Waals surface area contributed by atoms with E-state index in [1.807, 2.05) is 12.1 Å². The molecular formula is C23H23O4S+. The molecule has 0 fully saturated rings. The molecule has 5 heteroatoms. The van der Waals surface area contributed by atoms with E-state index in [1.165, 1.54) is 22.3 Å². The number of benzene rings is 3. The Bertz CT molecular complexity index is 908. The third-order valence-electron chi connectivity index (χ3n) is 4.05. The molecule has 1 N–H and O–H groups in total. The minimum atomic E-state index is -0.833. The summed E-state index contributed by atoms with van der Waals surface area (Å²) >= 11 is 0.488. The number of carboxylic acid groups (broad SMARTS) is 1. The Balaban J connectivity index is 0.000000640. The lowest BCUT2D eigenvalue weighted by atomic mass is 9.95. The van der Waals surface area contributed by atoms with Crippen LogP contribution >= 0.6 is 0 Å². The van der Waals surface area contributed by atoms with Gasteiger partial charge in [0.2, 0.25) is 0 Å². The fraction of sp³-hybridized carbons (Fsp3) is 0.174. The summed E-state index contributed by atoms with van der Waals surface area (Å²) < 4.78 is 16.5. The number of carbonyl (C=O) groups is 1. The molecule has 28 heavy (non-hydrogen) atoms. The van der Waals surface area contributed by atoms with Crippen molar-refractivity contribution in [3.05, 3.63) is 83.4 Å². The second-order valence-corrected chi connectivity index (χ2v) is 6.96. The van der Waals surface area contributed by atoms with E-state index in [0.29, 0.717) is 23.2 Å². The Hall–Kier alpha value is -3.05. The van der Waals surface area contributed by atoms with Crippen LogP contribution in [0.2, 0.25) is 0 Å². The Morgan fingerprint density at radius 3 is 1.96 bits per heavy atom. The zero-order chi connectivity index (χ0) is 20.5. The second-order valence-electron chi connectivity index (χ2n) is 6.33. The first-order valence-electron chi connectivity index (χ1n) is 8.78. The summed E-state index contributed by atoms with van der Waals surface area (Å²) in [7, 11) is 0. The van der Waals surface area contributed by atoms with Gasteiger partial charge in [-0.2, -0.15) is 0 Å². The maximum absolute atomic E-state index is 10.7. The quantitative estimate of drug-likeness (QED) is 0.585. The van der Waals surface area contributed by atoms with Gasteiger partial charge in [-0.15, -0.1) is 0 Å². The number of ether oxygens (including phenoxy) is 1. The van der Waals surface area contributed by atoms with E-state index in [0.717, 1.165) is 18.2 Å². The smallest absolute Gasteiger partial charge is 0.489 e. The molecule has 0 saturated heterocycles. The lowest BCUT2D eigenvalue weighted by molar-refractivity contribution is -0.134. The molecule has 0 radical (unpaired) electrons.